The third-order valence-corrected chi connectivity index (χ3v) is 5.04. The first kappa shape index (κ1) is 21.8. The molecule has 154 valence electrons. The predicted octanol–water partition coefficient (Wildman–Crippen LogP) is 1.81. The number of nitrogens with two attached hydrogens (primary N) is 1. The third-order valence-electron chi connectivity index (χ3n) is 5.04. The monoisotopic (exact) mass is 387 g/mol. The van der Waals surface area contributed by atoms with Crippen LogP contribution in [0.2, 0.25) is 0 Å². The Hall–Kier alpha value is -2.54. The van der Waals surface area contributed by atoms with Gasteiger partial charge in [0.2, 0.25) is 0 Å². The van der Waals surface area contributed by atoms with E-state index in [0.717, 1.165) is 36.2 Å². The van der Waals surface area contributed by atoms with Gasteiger partial charge in [-0.15, -0.1) is 0 Å². The second-order valence-corrected chi connectivity index (χ2v) is 8.20. The zero-order valence-electron chi connectivity index (χ0n) is 17.7. The van der Waals surface area contributed by atoms with Gasteiger partial charge in [0.15, 0.2) is 0 Å². The summed E-state index contributed by atoms with van der Waals surface area (Å²) in [5, 5.41) is 3.23. The number of anilines is 2. The highest BCUT2D eigenvalue weighted by Crippen LogP contribution is 2.15. The Morgan fingerprint density at radius 1 is 1.04 bits per heavy atom. The molecule has 0 radical (unpaired) electrons. The van der Waals surface area contributed by atoms with Crippen LogP contribution in [0.15, 0.2) is 39.9 Å². The van der Waals surface area contributed by atoms with E-state index in [2.05, 4.69) is 43.1 Å². The van der Waals surface area contributed by atoms with Gasteiger partial charge in [-0.05, 0) is 57.9 Å². The van der Waals surface area contributed by atoms with Crippen molar-refractivity contribution in [2.75, 3.05) is 30.7 Å². The maximum atomic E-state index is 12.0. The lowest BCUT2D eigenvalue weighted by Crippen LogP contribution is -2.45. The molecule has 1 aromatic heterocycles. The molecule has 7 nitrogen and oxygen atoms in total. The molecule has 0 fully saturated rings. The summed E-state index contributed by atoms with van der Waals surface area (Å²) in [6, 6.07) is 9.50. The molecule has 28 heavy (non-hydrogen) atoms. The van der Waals surface area contributed by atoms with Crippen LogP contribution < -0.4 is 22.3 Å². The van der Waals surface area contributed by atoms with Gasteiger partial charge in [-0.1, -0.05) is 12.1 Å². The molecule has 0 saturated carbocycles. The van der Waals surface area contributed by atoms with E-state index in [4.69, 9.17) is 5.73 Å². The van der Waals surface area contributed by atoms with E-state index in [1.165, 1.54) is 23.2 Å². The van der Waals surface area contributed by atoms with Crippen LogP contribution in [0.25, 0.3) is 0 Å². The summed E-state index contributed by atoms with van der Waals surface area (Å²) in [6.07, 6.45) is 2.05. The molecule has 2 rings (SSSR count). The van der Waals surface area contributed by atoms with E-state index in [1.807, 2.05) is 12.1 Å². The van der Waals surface area contributed by atoms with E-state index in [0.29, 0.717) is 12.4 Å². The van der Waals surface area contributed by atoms with E-state index in [-0.39, 0.29) is 16.8 Å². The van der Waals surface area contributed by atoms with Crippen molar-refractivity contribution in [3.63, 3.8) is 0 Å². The fourth-order valence-corrected chi connectivity index (χ4v) is 3.16. The average Bonchev–Trinajstić information content (AvgIpc) is 2.63. The molecule has 0 atom stereocenters. The van der Waals surface area contributed by atoms with Gasteiger partial charge in [0.1, 0.15) is 5.82 Å². The van der Waals surface area contributed by atoms with Crippen molar-refractivity contribution in [3.05, 3.63) is 56.7 Å². The zero-order chi connectivity index (χ0) is 20.9. The Morgan fingerprint density at radius 3 is 2.29 bits per heavy atom. The maximum Gasteiger partial charge on any atom is 0.332 e. The summed E-state index contributed by atoms with van der Waals surface area (Å²) in [7, 11) is 3.15. The van der Waals surface area contributed by atoms with Crippen LogP contribution >= 0.6 is 0 Å². The molecule has 0 unspecified atom stereocenters. The van der Waals surface area contributed by atoms with Crippen LogP contribution in [0.4, 0.5) is 11.5 Å². The molecule has 0 spiro atoms. The van der Waals surface area contributed by atoms with Gasteiger partial charge in [-0.25, -0.2) is 4.79 Å². The Balaban J connectivity index is 1.93. The normalized spacial score (nSPS) is 11.8. The maximum absolute atomic E-state index is 12.0. The molecule has 0 bridgehead atoms. The molecule has 0 aliphatic rings. The molecule has 0 aliphatic carbocycles. The summed E-state index contributed by atoms with van der Waals surface area (Å²) >= 11 is 0. The number of nitrogens with zero attached hydrogens (tertiary/aromatic N) is 3. The minimum atomic E-state index is -0.328. The molecule has 3 N–H and O–H groups in total. The number of benzene rings is 1. The summed E-state index contributed by atoms with van der Waals surface area (Å²) in [4.78, 5) is 26.3. The Labute approximate surface area is 166 Å². The van der Waals surface area contributed by atoms with Crippen molar-refractivity contribution in [2.24, 2.45) is 14.1 Å². The highest BCUT2D eigenvalue weighted by atomic mass is 16.2. The molecule has 2 aromatic rings. The highest BCUT2D eigenvalue weighted by Gasteiger charge is 2.20. The minimum Gasteiger partial charge on any atom is -0.399 e. The SMILES string of the molecule is Cn1c(NCCN(CCCc2ccc(N)cc2)C(C)(C)C)cc(=O)n(C)c1=O. The lowest BCUT2D eigenvalue weighted by atomic mass is 10.0. The first-order valence-electron chi connectivity index (χ1n) is 9.70. The van der Waals surface area contributed by atoms with Gasteiger partial charge >= 0.3 is 5.69 Å². The first-order valence-corrected chi connectivity index (χ1v) is 9.70. The summed E-state index contributed by atoms with van der Waals surface area (Å²) < 4.78 is 2.56. The number of nitrogens with one attached hydrogen (secondary N) is 1. The van der Waals surface area contributed by atoms with Crippen LogP contribution in [-0.4, -0.2) is 39.2 Å². The quantitative estimate of drug-likeness (QED) is 0.675. The van der Waals surface area contributed by atoms with Crippen LogP contribution in [0.3, 0.4) is 0 Å². The first-order chi connectivity index (χ1) is 13.1. The van der Waals surface area contributed by atoms with Crippen molar-refractivity contribution in [2.45, 2.75) is 39.2 Å². The summed E-state index contributed by atoms with van der Waals surface area (Å²) in [5.74, 6) is 0.545. The predicted molar refractivity (Wildman–Crippen MR) is 116 cm³/mol. The molecule has 1 aromatic carbocycles. The Bertz CT molecular complexity index is 891. The Kier molecular flexibility index (Phi) is 7.07. The zero-order valence-corrected chi connectivity index (χ0v) is 17.7. The Morgan fingerprint density at radius 2 is 1.68 bits per heavy atom. The third kappa shape index (κ3) is 5.73. The molecule has 0 amide bonds. The van der Waals surface area contributed by atoms with Crippen molar-refractivity contribution in [3.8, 4) is 0 Å². The van der Waals surface area contributed by atoms with E-state index in [1.54, 1.807) is 7.05 Å². The number of nitrogen functional groups attached to an aromatic ring is 1. The van der Waals surface area contributed by atoms with Gasteiger partial charge in [-0.3, -0.25) is 18.8 Å². The molecular formula is C21H33N5O2. The molecule has 7 heteroatoms. The molecule has 1 heterocycles. The fraction of sp³-hybridized carbons (Fsp3) is 0.524. The van der Waals surface area contributed by atoms with Crippen LogP contribution in [0.1, 0.15) is 32.8 Å². The standard InChI is InChI=1S/C21H33N5O2/c1-21(2,3)26(13-6-7-16-8-10-17(22)11-9-16)14-12-23-18-15-19(27)25(5)20(28)24(18)4/h8-11,15,23H,6-7,12-14,22H2,1-5H3. The second kappa shape index (κ2) is 9.10. The number of hydrogen-bond acceptors (Lipinski definition) is 5. The van der Waals surface area contributed by atoms with E-state index >= 15 is 0 Å². The van der Waals surface area contributed by atoms with Crippen molar-refractivity contribution < 1.29 is 0 Å². The second-order valence-electron chi connectivity index (χ2n) is 8.20. The largest absolute Gasteiger partial charge is 0.399 e. The van der Waals surface area contributed by atoms with E-state index < -0.39 is 0 Å². The van der Waals surface area contributed by atoms with Crippen molar-refractivity contribution >= 4 is 11.5 Å². The lowest BCUT2D eigenvalue weighted by Gasteiger charge is -2.36. The topological polar surface area (TPSA) is 85.3 Å². The smallest absolute Gasteiger partial charge is 0.332 e. The van der Waals surface area contributed by atoms with Gasteiger partial charge in [-0.2, -0.15) is 0 Å². The number of aromatic nitrogens is 2. The number of aryl methyl sites for hydroxylation is 1. The lowest BCUT2D eigenvalue weighted by molar-refractivity contribution is 0.141. The minimum absolute atomic E-state index is 0.0293. The number of hydrogen-bond donors (Lipinski definition) is 2. The molecule has 0 aliphatic heterocycles. The van der Waals surface area contributed by atoms with Crippen molar-refractivity contribution in [1.82, 2.24) is 14.0 Å². The molecular weight excluding hydrogens is 354 g/mol. The summed E-state index contributed by atoms with van der Waals surface area (Å²) in [5.41, 5.74) is 7.22. The van der Waals surface area contributed by atoms with E-state index in [9.17, 15) is 9.59 Å². The fourth-order valence-electron chi connectivity index (χ4n) is 3.16. The highest BCUT2D eigenvalue weighted by molar-refractivity contribution is 5.39. The van der Waals surface area contributed by atoms with Crippen LogP contribution in [0, 0.1) is 0 Å². The van der Waals surface area contributed by atoms with Crippen LogP contribution in [0.5, 0.6) is 0 Å². The van der Waals surface area contributed by atoms with Crippen LogP contribution in [-0.2, 0) is 20.5 Å². The molecule has 0 saturated heterocycles. The van der Waals surface area contributed by atoms with Crippen molar-refractivity contribution in [1.29, 1.82) is 0 Å². The van der Waals surface area contributed by atoms with Gasteiger partial charge in [0, 0.05) is 44.5 Å². The number of rotatable bonds is 8. The average molecular weight is 388 g/mol. The van der Waals surface area contributed by atoms with Gasteiger partial charge in [0.25, 0.3) is 5.56 Å². The van der Waals surface area contributed by atoms with Gasteiger partial charge < -0.3 is 11.1 Å². The summed E-state index contributed by atoms with van der Waals surface area (Å²) in [6.45, 7) is 9.03. The van der Waals surface area contributed by atoms with Gasteiger partial charge in [0.05, 0.1) is 0 Å².